The monoisotopic (exact) mass is 286 g/mol. The zero-order chi connectivity index (χ0) is 13.9. The van der Waals surface area contributed by atoms with Crippen LogP contribution < -0.4 is 5.32 Å². The Morgan fingerprint density at radius 2 is 2.42 bits per heavy atom. The predicted octanol–water partition coefficient (Wildman–Crippen LogP) is 0.577. The van der Waals surface area contributed by atoms with Crippen LogP contribution in [0.15, 0.2) is 0 Å². The third-order valence-corrected chi connectivity index (χ3v) is 4.90. The van der Waals surface area contributed by atoms with Crippen molar-refractivity contribution < 1.29 is 14.7 Å². The summed E-state index contributed by atoms with van der Waals surface area (Å²) in [7, 11) is 0. The number of carbonyl (C=O) groups is 2. The van der Waals surface area contributed by atoms with Gasteiger partial charge in [-0.15, -0.1) is 11.8 Å². The Kier molecular flexibility index (Phi) is 4.73. The minimum atomic E-state index is -0.481. The summed E-state index contributed by atoms with van der Waals surface area (Å²) in [6.45, 7) is 2.24. The van der Waals surface area contributed by atoms with E-state index in [4.69, 9.17) is 0 Å². The molecular weight excluding hydrogens is 264 g/mol. The van der Waals surface area contributed by atoms with Crippen molar-refractivity contribution in [2.45, 2.75) is 38.1 Å². The topological polar surface area (TPSA) is 69.6 Å². The van der Waals surface area contributed by atoms with Gasteiger partial charge in [-0.25, -0.2) is 0 Å². The molecular formula is C13H22N2O3S. The molecule has 108 valence electrons. The molecule has 6 heteroatoms. The van der Waals surface area contributed by atoms with Gasteiger partial charge < -0.3 is 15.3 Å². The molecule has 2 aliphatic rings. The lowest BCUT2D eigenvalue weighted by molar-refractivity contribution is -0.133. The largest absolute Gasteiger partial charge is 0.394 e. The van der Waals surface area contributed by atoms with Gasteiger partial charge in [-0.2, -0.15) is 0 Å². The summed E-state index contributed by atoms with van der Waals surface area (Å²) >= 11 is 1.53. The summed E-state index contributed by atoms with van der Waals surface area (Å²) in [4.78, 5) is 25.1. The molecule has 1 heterocycles. The normalized spacial score (nSPS) is 31.6. The fourth-order valence-corrected chi connectivity index (χ4v) is 3.91. The van der Waals surface area contributed by atoms with Gasteiger partial charge in [0.2, 0.25) is 11.8 Å². The fraction of sp³-hybridized carbons (Fsp3) is 0.846. The van der Waals surface area contributed by atoms with Crippen LogP contribution in [0, 0.1) is 5.92 Å². The molecule has 2 atom stereocenters. The molecule has 2 fully saturated rings. The van der Waals surface area contributed by atoms with Crippen molar-refractivity contribution in [2.75, 3.05) is 24.8 Å². The average molecular weight is 286 g/mol. The van der Waals surface area contributed by atoms with Crippen molar-refractivity contribution in [3.8, 4) is 0 Å². The zero-order valence-electron chi connectivity index (χ0n) is 11.4. The highest BCUT2D eigenvalue weighted by Gasteiger charge is 2.36. The van der Waals surface area contributed by atoms with Gasteiger partial charge >= 0.3 is 0 Å². The quantitative estimate of drug-likeness (QED) is 0.793. The van der Waals surface area contributed by atoms with E-state index in [1.165, 1.54) is 11.8 Å². The molecule has 1 saturated heterocycles. The molecule has 0 radical (unpaired) electrons. The van der Waals surface area contributed by atoms with Crippen molar-refractivity contribution in [3.63, 3.8) is 0 Å². The molecule has 0 spiro atoms. The number of aliphatic hydroxyl groups excluding tert-OH is 1. The van der Waals surface area contributed by atoms with E-state index in [2.05, 4.69) is 12.2 Å². The second-order valence-electron chi connectivity index (χ2n) is 5.76. The maximum atomic E-state index is 12.1. The van der Waals surface area contributed by atoms with Gasteiger partial charge in [-0.05, 0) is 18.8 Å². The van der Waals surface area contributed by atoms with Crippen LogP contribution in [0.1, 0.15) is 32.6 Å². The molecule has 1 aliphatic heterocycles. The molecule has 19 heavy (non-hydrogen) atoms. The summed E-state index contributed by atoms with van der Waals surface area (Å²) in [5, 5.41) is 12.6. The molecule has 2 amide bonds. The van der Waals surface area contributed by atoms with Crippen LogP contribution in [0.25, 0.3) is 0 Å². The van der Waals surface area contributed by atoms with Gasteiger partial charge in [-0.3, -0.25) is 9.59 Å². The number of rotatable bonds is 4. The Morgan fingerprint density at radius 1 is 1.63 bits per heavy atom. The first-order valence-corrected chi connectivity index (χ1v) is 7.97. The van der Waals surface area contributed by atoms with Gasteiger partial charge in [-0.1, -0.05) is 19.8 Å². The van der Waals surface area contributed by atoms with Crippen molar-refractivity contribution in [3.05, 3.63) is 0 Å². The molecule has 1 aliphatic carbocycles. The fourth-order valence-electron chi connectivity index (χ4n) is 3.01. The van der Waals surface area contributed by atoms with Crippen LogP contribution in [0.5, 0.6) is 0 Å². The zero-order valence-corrected chi connectivity index (χ0v) is 12.2. The second kappa shape index (κ2) is 6.13. The van der Waals surface area contributed by atoms with Gasteiger partial charge in [0.15, 0.2) is 0 Å². The van der Waals surface area contributed by atoms with Gasteiger partial charge in [0.1, 0.15) is 6.54 Å². The Morgan fingerprint density at radius 3 is 3.00 bits per heavy atom. The Hall–Kier alpha value is -0.750. The molecule has 0 aromatic carbocycles. The van der Waals surface area contributed by atoms with Crippen LogP contribution >= 0.6 is 11.8 Å². The van der Waals surface area contributed by atoms with E-state index >= 15 is 0 Å². The molecule has 2 unspecified atom stereocenters. The SMILES string of the molecule is CC1CCCC(CO)(NC(=O)CN2CSCC2=O)C1. The first-order chi connectivity index (χ1) is 9.04. The molecule has 2 N–H and O–H groups in total. The maximum Gasteiger partial charge on any atom is 0.240 e. The first kappa shape index (κ1) is 14.7. The Bertz CT molecular complexity index is 364. The summed E-state index contributed by atoms with van der Waals surface area (Å²) in [5.41, 5.74) is -0.481. The van der Waals surface area contributed by atoms with Crippen molar-refractivity contribution >= 4 is 23.6 Å². The van der Waals surface area contributed by atoms with Crippen LogP contribution in [-0.2, 0) is 9.59 Å². The lowest BCUT2D eigenvalue weighted by Crippen LogP contribution is -2.56. The van der Waals surface area contributed by atoms with Crippen molar-refractivity contribution in [1.29, 1.82) is 0 Å². The summed E-state index contributed by atoms with van der Waals surface area (Å²) < 4.78 is 0. The lowest BCUT2D eigenvalue weighted by Gasteiger charge is -2.39. The number of amides is 2. The Balaban J connectivity index is 1.90. The number of nitrogens with one attached hydrogen (secondary N) is 1. The second-order valence-corrected chi connectivity index (χ2v) is 6.71. The molecule has 0 bridgehead atoms. The van der Waals surface area contributed by atoms with Crippen molar-refractivity contribution in [2.24, 2.45) is 5.92 Å². The minimum Gasteiger partial charge on any atom is -0.394 e. The lowest BCUT2D eigenvalue weighted by atomic mass is 9.77. The Labute approximate surface area is 118 Å². The highest BCUT2D eigenvalue weighted by atomic mass is 32.2. The van der Waals surface area contributed by atoms with E-state index in [1.807, 2.05) is 0 Å². The van der Waals surface area contributed by atoms with Crippen LogP contribution in [0.3, 0.4) is 0 Å². The van der Waals surface area contributed by atoms with Gasteiger partial charge in [0, 0.05) is 0 Å². The van der Waals surface area contributed by atoms with Gasteiger partial charge in [0.25, 0.3) is 0 Å². The van der Waals surface area contributed by atoms with E-state index in [-0.39, 0.29) is 25.0 Å². The molecule has 0 aromatic rings. The smallest absolute Gasteiger partial charge is 0.240 e. The highest BCUT2D eigenvalue weighted by molar-refractivity contribution is 8.00. The van der Waals surface area contributed by atoms with E-state index in [0.717, 1.165) is 25.7 Å². The maximum absolute atomic E-state index is 12.1. The summed E-state index contributed by atoms with van der Waals surface area (Å²) in [6.07, 6.45) is 3.82. The molecule has 5 nitrogen and oxygen atoms in total. The number of hydrogen-bond donors (Lipinski definition) is 2. The number of hydrogen-bond acceptors (Lipinski definition) is 4. The number of carbonyl (C=O) groups excluding carboxylic acids is 2. The molecule has 0 aromatic heterocycles. The van der Waals surface area contributed by atoms with E-state index in [9.17, 15) is 14.7 Å². The molecule has 2 rings (SSSR count). The molecule has 1 saturated carbocycles. The highest BCUT2D eigenvalue weighted by Crippen LogP contribution is 2.32. The van der Waals surface area contributed by atoms with Gasteiger partial charge in [0.05, 0.1) is 23.8 Å². The average Bonchev–Trinajstić information content (AvgIpc) is 2.75. The number of thioether (sulfide) groups is 1. The number of nitrogens with zero attached hydrogens (tertiary/aromatic N) is 1. The first-order valence-electron chi connectivity index (χ1n) is 6.82. The van der Waals surface area contributed by atoms with E-state index in [0.29, 0.717) is 17.5 Å². The summed E-state index contributed by atoms with van der Waals surface area (Å²) in [6, 6.07) is 0. The standard InChI is InChI=1S/C13H22N2O3S/c1-10-3-2-4-13(5-10,8-16)14-11(17)6-15-9-19-7-12(15)18/h10,16H,2-9H2,1H3,(H,14,17). The van der Waals surface area contributed by atoms with Crippen molar-refractivity contribution in [1.82, 2.24) is 10.2 Å². The van der Waals surface area contributed by atoms with Crippen LogP contribution in [-0.4, -0.2) is 52.1 Å². The van der Waals surface area contributed by atoms with E-state index in [1.54, 1.807) is 4.90 Å². The third-order valence-electron chi connectivity index (χ3n) is 3.96. The summed E-state index contributed by atoms with van der Waals surface area (Å²) in [5.74, 6) is 1.45. The van der Waals surface area contributed by atoms with Crippen LogP contribution in [0.4, 0.5) is 0 Å². The number of aliphatic hydroxyl groups is 1. The predicted molar refractivity (Wildman–Crippen MR) is 74.6 cm³/mol. The van der Waals surface area contributed by atoms with E-state index < -0.39 is 5.54 Å². The third kappa shape index (κ3) is 3.63. The van der Waals surface area contributed by atoms with Crippen LogP contribution in [0.2, 0.25) is 0 Å². The minimum absolute atomic E-state index is 0.0220.